The van der Waals surface area contributed by atoms with Gasteiger partial charge in [-0.2, -0.15) is 4.31 Å². The highest BCUT2D eigenvalue weighted by Gasteiger charge is 2.59. The van der Waals surface area contributed by atoms with Gasteiger partial charge in [-0.05, 0) is 61.4 Å². The van der Waals surface area contributed by atoms with Gasteiger partial charge in [-0.15, -0.1) is 0 Å². The molecule has 0 aliphatic carbocycles. The Labute approximate surface area is 372 Å². The molecule has 1 aliphatic rings. The van der Waals surface area contributed by atoms with E-state index in [2.05, 4.69) is 13.8 Å². The van der Waals surface area contributed by atoms with Crippen LogP contribution in [-0.4, -0.2) is 86.1 Å². The molecule has 12 nitrogen and oxygen atoms in total. The number of benzene rings is 4. The predicted octanol–water partition coefficient (Wildman–Crippen LogP) is 9.60. The van der Waals surface area contributed by atoms with Gasteiger partial charge in [0.1, 0.15) is 12.7 Å². The Bertz CT molecular complexity index is 2090. The van der Waals surface area contributed by atoms with E-state index < -0.39 is 70.4 Å². The normalized spacial score (nSPS) is 17.8. The van der Waals surface area contributed by atoms with Crippen molar-refractivity contribution in [2.45, 2.75) is 121 Å². The van der Waals surface area contributed by atoms with Gasteiger partial charge < -0.3 is 23.7 Å². The minimum absolute atomic E-state index is 0.116. The van der Waals surface area contributed by atoms with Crippen LogP contribution >= 0.6 is 0 Å². The molecule has 4 aromatic carbocycles. The molecule has 0 bridgehead atoms. The number of hydrogen-bond donors (Lipinski definition) is 0. The first-order chi connectivity index (χ1) is 30.6. The van der Waals surface area contributed by atoms with Crippen molar-refractivity contribution in [2.24, 2.45) is 0 Å². The third-order valence-electron chi connectivity index (χ3n) is 10.9. The lowest BCUT2D eigenvalue weighted by molar-refractivity contribution is -0.0905. The Hall–Kier alpha value is -5.37. The zero-order chi connectivity index (χ0) is 44.9. The molecule has 0 amide bonds. The summed E-state index contributed by atoms with van der Waals surface area (Å²) in [6.45, 7) is 4.00. The SMILES string of the molecule is CCCCCCCCN(CCCCCCCC)S(=O)(=O)C1O[C@@H]([C@@H](COC(=O)c2ccccc2)OC(=O)c2ccccc2)[C@H](OC(=O)c2ccccc2)[C@H]1OC(=O)c1ccccc1. The summed E-state index contributed by atoms with van der Waals surface area (Å²) in [6, 6.07) is 32.2. The molecule has 4 aromatic rings. The number of carbonyl (C=O) groups excluding carboxylic acids is 4. The molecular weight excluding hydrogens is 823 g/mol. The van der Waals surface area contributed by atoms with Gasteiger partial charge >= 0.3 is 23.9 Å². The molecule has 63 heavy (non-hydrogen) atoms. The Kier molecular flexibility index (Phi) is 19.8. The van der Waals surface area contributed by atoms with E-state index in [1.165, 1.54) is 40.7 Å². The number of sulfonamides is 1. The second-order valence-corrected chi connectivity index (χ2v) is 17.7. The van der Waals surface area contributed by atoms with Crippen molar-refractivity contribution in [3.63, 3.8) is 0 Å². The Morgan fingerprint density at radius 1 is 0.524 bits per heavy atom. The lowest BCUT2D eigenvalue weighted by Gasteiger charge is -2.29. The summed E-state index contributed by atoms with van der Waals surface area (Å²) < 4.78 is 62.4. The summed E-state index contributed by atoms with van der Waals surface area (Å²) in [5.74, 6) is -3.37. The van der Waals surface area contributed by atoms with Crippen LogP contribution in [0.1, 0.15) is 132 Å². The molecule has 0 radical (unpaired) electrons. The second-order valence-electron chi connectivity index (χ2n) is 15.7. The molecule has 1 saturated heterocycles. The number of esters is 4. The molecule has 5 atom stereocenters. The predicted molar refractivity (Wildman–Crippen MR) is 240 cm³/mol. The van der Waals surface area contributed by atoms with Crippen LogP contribution < -0.4 is 0 Å². The maximum absolute atomic E-state index is 15.2. The first-order valence-corrected chi connectivity index (χ1v) is 23.8. The lowest BCUT2D eigenvalue weighted by Crippen LogP contribution is -2.49. The molecule has 1 heterocycles. The standard InChI is InChI=1S/C50H61NO11S/c1-3-5-7-9-11-25-35-51(36-26-12-10-8-6-4-2)63(56,57)50-45(61-49(55)41-33-23-16-24-34-41)44(60-48(54)40-31-21-15-22-32-40)43(62-50)42(59-47(53)39-29-19-14-20-30-39)37-58-46(52)38-27-17-13-18-28-38/h13-24,27-34,42-45,50H,3-12,25-26,35-37H2,1-2H3/t42-,43+,44+,45-,50?/m1/s1. The fraction of sp³-hybridized carbons (Fsp3) is 0.440. The van der Waals surface area contributed by atoms with Gasteiger partial charge in [-0.1, -0.05) is 151 Å². The number of hydrogen-bond acceptors (Lipinski definition) is 11. The quantitative estimate of drug-likeness (QED) is 0.0337. The van der Waals surface area contributed by atoms with E-state index >= 15 is 8.42 Å². The molecule has 338 valence electrons. The van der Waals surface area contributed by atoms with Gasteiger partial charge in [0, 0.05) is 13.1 Å². The van der Waals surface area contributed by atoms with E-state index in [0.717, 1.165) is 64.2 Å². The summed E-state index contributed by atoms with van der Waals surface area (Å²) in [6.07, 6.45) is 4.47. The minimum Gasteiger partial charge on any atom is -0.458 e. The van der Waals surface area contributed by atoms with Crippen molar-refractivity contribution >= 4 is 33.9 Å². The minimum atomic E-state index is -4.53. The van der Waals surface area contributed by atoms with Crippen LogP contribution in [-0.2, 0) is 33.7 Å². The van der Waals surface area contributed by atoms with E-state index in [0.29, 0.717) is 12.8 Å². The van der Waals surface area contributed by atoms with E-state index in [4.69, 9.17) is 23.7 Å². The van der Waals surface area contributed by atoms with Crippen LogP contribution in [0, 0.1) is 0 Å². The third-order valence-corrected chi connectivity index (χ3v) is 13.0. The number of carbonyl (C=O) groups is 4. The van der Waals surface area contributed by atoms with Crippen molar-refractivity contribution in [3.8, 4) is 0 Å². The first kappa shape index (κ1) is 48.7. The van der Waals surface area contributed by atoms with Crippen LogP contribution in [0.2, 0.25) is 0 Å². The first-order valence-electron chi connectivity index (χ1n) is 22.3. The van der Waals surface area contributed by atoms with Gasteiger partial charge in [-0.25, -0.2) is 27.6 Å². The van der Waals surface area contributed by atoms with Gasteiger partial charge in [-0.3, -0.25) is 0 Å². The van der Waals surface area contributed by atoms with Crippen molar-refractivity contribution in [3.05, 3.63) is 144 Å². The fourth-order valence-electron chi connectivity index (χ4n) is 7.42. The Morgan fingerprint density at radius 3 is 1.35 bits per heavy atom. The topological polar surface area (TPSA) is 152 Å². The molecule has 0 spiro atoms. The molecule has 0 saturated carbocycles. The Morgan fingerprint density at radius 2 is 0.905 bits per heavy atom. The van der Waals surface area contributed by atoms with Crippen molar-refractivity contribution < 1.29 is 51.3 Å². The zero-order valence-corrected chi connectivity index (χ0v) is 37.2. The van der Waals surface area contributed by atoms with Crippen molar-refractivity contribution in [2.75, 3.05) is 19.7 Å². The molecule has 1 unspecified atom stereocenters. The largest absolute Gasteiger partial charge is 0.458 e. The summed E-state index contributed by atoms with van der Waals surface area (Å²) in [5.41, 5.74) is -1.33. The summed E-state index contributed by atoms with van der Waals surface area (Å²) >= 11 is 0. The van der Waals surface area contributed by atoms with Gasteiger partial charge in [0.15, 0.2) is 18.3 Å². The highest BCUT2D eigenvalue weighted by Crippen LogP contribution is 2.36. The lowest BCUT2D eigenvalue weighted by atomic mass is 10.1. The molecule has 1 aliphatic heterocycles. The fourth-order valence-corrected chi connectivity index (χ4v) is 9.30. The van der Waals surface area contributed by atoms with E-state index in [1.54, 1.807) is 84.9 Å². The smallest absolute Gasteiger partial charge is 0.338 e. The molecule has 5 rings (SSSR count). The Balaban J connectivity index is 1.58. The summed E-state index contributed by atoms with van der Waals surface area (Å²) in [4.78, 5) is 55.1. The zero-order valence-electron chi connectivity index (χ0n) is 36.4. The number of nitrogens with zero attached hydrogens (tertiary/aromatic N) is 1. The number of ether oxygens (including phenoxy) is 5. The summed E-state index contributed by atoms with van der Waals surface area (Å²) in [7, 11) is -4.53. The maximum atomic E-state index is 15.2. The van der Waals surface area contributed by atoms with Crippen LogP contribution in [0.25, 0.3) is 0 Å². The van der Waals surface area contributed by atoms with Crippen LogP contribution in [0.15, 0.2) is 121 Å². The van der Waals surface area contributed by atoms with Crippen molar-refractivity contribution in [1.29, 1.82) is 0 Å². The van der Waals surface area contributed by atoms with Gasteiger partial charge in [0.2, 0.25) is 15.5 Å². The van der Waals surface area contributed by atoms with Crippen LogP contribution in [0.4, 0.5) is 0 Å². The maximum Gasteiger partial charge on any atom is 0.338 e. The van der Waals surface area contributed by atoms with Crippen LogP contribution in [0.5, 0.6) is 0 Å². The van der Waals surface area contributed by atoms with E-state index in [1.807, 2.05) is 0 Å². The highest BCUT2D eigenvalue weighted by atomic mass is 32.2. The number of unbranched alkanes of at least 4 members (excludes halogenated alkanes) is 10. The average molecular weight is 884 g/mol. The second kappa shape index (κ2) is 25.7. The van der Waals surface area contributed by atoms with Gasteiger partial charge in [0.25, 0.3) is 0 Å². The molecule has 1 fully saturated rings. The molecule has 13 heteroatoms. The van der Waals surface area contributed by atoms with E-state index in [9.17, 15) is 19.2 Å². The number of rotatable bonds is 26. The van der Waals surface area contributed by atoms with Crippen molar-refractivity contribution in [1.82, 2.24) is 4.31 Å². The molecule has 0 aromatic heterocycles. The summed E-state index contributed by atoms with van der Waals surface area (Å²) in [5, 5.41) is 0. The molecule has 0 N–H and O–H groups in total. The third kappa shape index (κ3) is 14.6. The van der Waals surface area contributed by atoms with Gasteiger partial charge in [0.05, 0.1) is 22.3 Å². The monoisotopic (exact) mass is 883 g/mol. The average Bonchev–Trinajstić information content (AvgIpc) is 3.67. The van der Waals surface area contributed by atoms with Crippen LogP contribution in [0.3, 0.4) is 0 Å². The highest BCUT2D eigenvalue weighted by molar-refractivity contribution is 7.89. The van der Waals surface area contributed by atoms with E-state index in [-0.39, 0.29) is 35.3 Å². The molecular formula is C50H61NO11S.